The van der Waals surface area contributed by atoms with Gasteiger partial charge in [-0.25, -0.2) is 4.79 Å². The summed E-state index contributed by atoms with van der Waals surface area (Å²) in [6, 6.07) is 0. The molecular formula is C8H14O9S3. The van der Waals surface area contributed by atoms with E-state index in [1.54, 1.807) is 0 Å². The summed E-state index contributed by atoms with van der Waals surface area (Å²) in [6.45, 7) is 2.42. The molecule has 0 aliphatic heterocycles. The van der Waals surface area contributed by atoms with Gasteiger partial charge in [0.2, 0.25) is 9.33 Å². The molecule has 0 aromatic rings. The lowest BCUT2D eigenvalue weighted by molar-refractivity contribution is -0.143. The van der Waals surface area contributed by atoms with Crippen molar-refractivity contribution in [3.05, 3.63) is 0 Å². The lowest BCUT2D eigenvalue weighted by atomic mass is 10.3. The summed E-state index contributed by atoms with van der Waals surface area (Å²) >= 11 is 0. The van der Waals surface area contributed by atoms with Gasteiger partial charge >= 0.3 is 11.9 Å². The van der Waals surface area contributed by atoms with E-state index in [-0.39, 0.29) is 0 Å². The van der Waals surface area contributed by atoms with Crippen molar-refractivity contribution in [2.45, 2.75) is 23.2 Å². The fourth-order valence-electron chi connectivity index (χ4n) is 1.56. The number of carboxylic acid groups (broad SMARTS) is 2. The predicted molar refractivity (Wildman–Crippen MR) is 70.7 cm³/mol. The zero-order chi connectivity index (χ0) is 16.3. The molecule has 12 heteroatoms. The Kier molecular flexibility index (Phi) is 6.45. The van der Waals surface area contributed by atoms with E-state index in [1.165, 1.54) is 13.8 Å². The van der Waals surface area contributed by atoms with Crippen LogP contribution in [0, 0.1) is 0 Å². The average Bonchev–Trinajstić information content (AvgIpc) is 2.30. The second kappa shape index (κ2) is 6.74. The van der Waals surface area contributed by atoms with Crippen LogP contribution in [0.15, 0.2) is 0 Å². The first-order valence-electron chi connectivity index (χ1n) is 5.17. The van der Waals surface area contributed by atoms with Crippen LogP contribution in [0.4, 0.5) is 0 Å². The smallest absolute Gasteiger partial charge is 0.337 e. The number of hydrogen-bond donors (Lipinski definition) is 3. The van der Waals surface area contributed by atoms with E-state index in [2.05, 4.69) is 0 Å². The van der Waals surface area contributed by atoms with Gasteiger partial charge in [-0.3, -0.25) is 17.8 Å². The van der Waals surface area contributed by atoms with Crippen molar-refractivity contribution in [1.29, 1.82) is 0 Å². The summed E-state index contributed by atoms with van der Waals surface area (Å²) in [5.74, 6) is -5.25. The number of rotatable bonds is 8. The molecule has 0 spiro atoms. The summed E-state index contributed by atoms with van der Waals surface area (Å²) in [7, 11) is -10.6. The third-order valence-electron chi connectivity index (χ3n) is 2.37. The standard InChI is InChI=1S/C8H14O9S3/c1-3-18(13)8(7(11)12,19(14)4-2)5(6(9)10)20(15,16)17/h5H,3-4H2,1-2H3,(H,9,10)(H,11,12)(H,15,16,17). The Labute approximate surface area is 120 Å². The molecule has 0 aliphatic carbocycles. The minimum absolute atomic E-state index is 0.447. The minimum atomic E-state index is -5.44. The molecule has 3 N–H and O–H groups in total. The Morgan fingerprint density at radius 1 is 1.10 bits per heavy atom. The van der Waals surface area contributed by atoms with Crippen molar-refractivity contribution in [2.75, 3.05) is 11.5 Å². The van der Waals surface area contributed by atoms with E-state index in [0.717, 1.165) is 0 Å². The topological polar surface area (TPSA) is 163 Å². The largest absolute Gasteiger partial charge is 0.480 e. The minimum Gasteiger partial charge on any atom is -0.480 e. The van der Waals surface area contributed by atoms with Crippen molar-refractivity contribution in [3.8, 4) is 0 Å². The van der Waals surface area contributed by atoms with Gasteiger partial charge in [0.05, 0.1) is 21.6 Å². The van der Waals surface area contributed by atoms with Crippen LogP contribution >= 0.6 is 0 Å². The maximum atomic E-state index is 12.0. The number of carboxylic acids is 2. The van der Waals surface area contributed by atoms with Crippen molar-refractivity contribution in [2.24, 2.45) is 0 Å². The van der Waals surface area contributed by atoms with Crippen LogP contribution in [0.1, 0.15) is 13.8 Å². The maximum Gasteiger partial charge on any atom is 0.337 e. The van der Waals surface area contributed by atoms with Gasteiger partial charge in [-0.2, -0.15) is 8.42 Å². The number of hydrogen-bond acceptors (Lipinski definition) is 6. The van der Waals surface area contributed by atoms with Gasteiger partial charge in [-0.05, 0) is 0 Å². The fourth-order valence-corrected chi connectivity index (χ4v) is 7.15. The second-order valence-electron chi connectivity index (χ2n) is 3.47. The van der Waals surface area contributed by atoms with E-state index >= 15 is 0 Å². The normalized spacial score (nSPS) is 19.6. The van der Waals surface area contributed by atoms with Crippen LogP contribution < -0.4 is 0 Å². The average molecular weight is 350 g/mol. The third kappa shape index (κ3) is 3.24. The van der Waals surface area contributed by atoms with Gasteiger partial charge in [0.1, 0.15) is 0 Å². The van der Waals surface area contributed by atoms with Crippen molar-refractivity contribution < 1.29 is 41.2 Å². The molecule has 3 atom stereocenters. The highest BCUT2D eigenvalue weighted by atomic mass is 32.3. The molecule has 0 heterocycles. The molecule has 20 heavy (non-hydrogen) atoms. The molecule has 3 unspecified atom stereocenters. The lowest BCUT2D eigenvalue weighted by Gasteiger charge is -2.30. The van der Waals surface area contributed by atoms with Crippen LogP contribution in [-0.4, -0.2) is 64.4 Å². The van der Waals surface area contributed by atoms with Gasteiger partial charge in [-0.15, -0.1) is 0 Å². The molecule has 0 aliphatic rings. The number of aliphatic carboxylic acids is 2. The maximum absolute atomic E-state index is 12.0. The van der Waals surface area contributed by atoms with Crippen LogP contribution in [0.5, 0.6) is 0 Å². The molecule has 0 amide bonds. The molecule has 0 saturated carbocycles. The van der Waals surface area contributed by atoms with Crippen molar-refractivity contribution in [3.63, 3.8) is 0 Å². The molecule has 0 fully saturated rings. The van der Waals surface area contributed by atoms with Crippen molar-refractivity contribution >= 4 is 43.7 Å². The summed E-state index contributed by atoms with van der Waals surface area (Å²) in [5, 5.41) is 15.1. The molecule has 0 radical (unpaired) electrons. The molecule has 118 valence electrons. The van der Waals surface area contributed by atoms with E-state index in [9.17, 15) is 31.5 Å². The van der Waals surface area contributed by atoms with E-state index in [0.29, 0.717) is 0 Å². The van der Waals surface area contributed by atoms with Crippen LogP contribution in [0.3, 0.4) is 0 Å². The SMILES string of the molecule is CCS(=O)C(C(=O)O)(C(C(=O)O)S(=O)(=O)O)S(=O)CC. The zero-order valence-corrected chi connectivity index (χ0v) is 13.0. The Hall–Kier alpha value is -0.850. The summed E-state index contributed by atoms with van der Waals surface area (Å²) in [4.78, 5) is 22.5. The summed E-state index contributed by atoms with van der Waals surface area (Å²) in [5.41, 5.74) is 0. The molecule has 0 saturated heterocycles. The van der Waals surface area contributed by atoms with E-state index < -0.39 is 64.5 Å². The van der Waals surface area contributed by atoms with Crippen molar-refractivity contribution in [1.82, 2.24) is 0 Å². The van der Waals surface area contributed by atoms with Gasteiger partial charge in [-0.1, -0.05) is 13.8 Å². The van der Waals surface area contributed by atoms with Gasteiger partial charge in [0.15, 0.2) is 0 Å². The molecule has 0 rings (SSSR count). The highest BCUT2D eigenvalue weighted by Crippen LogP contribution is 2.30. The first-order chi connectivity index (χ1) is 8.97. The summed E-state index contributed by atoms with van der Waals surface area (Å²) in [6.07, 6.45) is 0. The predicted octanol–water partition coefficient (Wildman–Crippen LogP) is -1.35. The van der Waals surface area contributed by atoms with E-state index in [4.69, 9.17) is 9.66 Å². The first-order valence-corrected chi connectivity index (χ1v) is 9.31. The van der Waals surface area contributed by atoms with Crippen LogP contribution in [0.2, 0.25) is 0 Å². The van der Waals surface area contributed by atoms with Gasteiger partial charge < -0.3 is 10.2 Å². The van der Waals surface area contributed by atoms with Crippen LogP contribution in [-0.2, 0) is 41.3 Å². The van der Waals surface area contributed by atoms with Gasteiger partial charge in [0, 0.05) is 11.5 Å². The van der Waals surface area contributed by atoms with Crippen LogP contribution in [0.25, 0.3) is 0 Å². The Morgan fingerprint density at radius 3 is 1.60 bits per heavy atom. The molecule has 0 bridgehead atoms. The summed E-state index contributed by atoms with van der Waals surface area (Å²) < 4.78 is 52.2. The molecule has 0 aromatic carbocycles. The fraction of sp³-hybridized carbons (Fsp3) is 0.750. The van der Waals surface area contributed by atoms with E-state index in [1.807, 2.05) is 0 Å². The Morgan fingerprint density at radius 2 is 1.45 bits per heavy atom. The second-order valence-corrected chi connectivity index (χ2v) is 9.06. The molecule has 9 nitrogen and oxygen atoms in total. The lowest BCUT2D eigenvalue weighted by Crippen LogP contribution is -2.62. The third-order valence-corrected chi connectivity index (χ3v) is 8.15. The van der Waals surface area contributed by atoms with Gasteiger partial charge in [0.25, 0.3) is 10.1 Å². The first kappa shape index (κ1) is 19.1. The molecular weight excluding hydrogens is 336 g/mol. The number of carbonyl (C=O) groups is 2. The zero-order valence-electron chi connectivity index (χ0n) is 10.5. The quantitative estimate of drug-likeness (QED) is 0.449. The Balaban J connectivity index is 6.66. The highest BCUT2D eigenvalue weighted by molar-refractivity contribution is 8.07. The molecule has 0 aromatic heterocycles. The highest BCUT2D eigenvalue weighted by Gasteiger charge is 2.64. The Bertz CT molecular complexity index is 534. The monoisotopic (exact) mass is 350 g/mol.